The first-order chi connectivity index (χ1) is 16.3. The molecule has 4 rings (SSSR count). The summed E-state index contributed by atoms with van der Waals surface area (Å²) in [5, 5.41) is 16.6. The first kappa shape index (κ1) is 23.4. The monoisotopic (exact) mass is 465 g/mol. The number of aliphatic carboxylic acids is 1. The molecule has 1 amide bonds. The highest BCUT2D eigenvalue weighted by molar-refractivity contribution is 5.98. The highest BCUT2D eigenvalue weighted by atomic mass is 19.1. The Labute approximate surface area is 195 Å². The van der Waals surface area contributed by atoms with Crippen LogP contribution in [0.5, 0.6) is 0 Å². The third kappa shape index (κ3) is 5.22. The summed E-state index contributed by atoms with van der Waals surface area (Å²) in [6.07, 6.45) is 5.05. The Balaban J connectivity index is 1.63. The number of hydrogen-bond donors (Lipinski definition) is 2. The van der Waals surface area contributed by atoms with Gasteiger partial charge in [-0.25, -0.2) is 13.6 Å². The minimum Gasteiger partial charge on any atom is -0.480 e. The molecule has 176 valence electrons. The number of carboxylic acids is 1. The molecule has 0 saturated heterocycles. The maximum absolute atomic E-state index is 13.7. The van der Waals surface area contributed by atoms with E-state index in [4.69, 9.17) is 0 Å². The van der Waals surface area contributed by atoms with Gasteiger partial charge in [0, 0.05) is 19.0 Å². The molecule has 0 spiro atoms. The molecule has 8 heteroatoms. The van der Waals surface area contributed by atoms with Crippen LogP contribution < -0.4 is 5.32 Å². The summed E-state index contributed by atoms with van der Waals surface area (Å²) in [4.78, 5) is 24.9. The van der Waals surface area contributed by atoms with Crippen molar-refractivity contribution < 1.29 is 23.5 Å². The molecule has 1 aliphatic carbocycles. The normalized spacial score (nSPS) is 15.4. The predicted molar refractivity (Wildman–Crippen MR) is 124 cm³/mol. The summed E-state index contributed by atoms with van der Waals surface area (Å²) in [6.45, 7) is 0. The van der Waals surface area contributed by atoms with Gasteiger partial charge in [-0.2, -0.15) is 5.10 Å². The second kappa shape index (κ2) is 9.99. The molecule has 1 aliphatic rings. The molecular weight excluding hydrogens is 440 g/mol. The maximum Gasteiger partial charge on any atom is 0.326 e. The van der Waals surface area contributed by atoms with Gasteiger partial charge in [0.2, 0.25) is 0 Å². The minimum atomic E-state index is -1.19. The van der Waals surface area contributed by atoms with Gasteiger partial charge in [-0.05, 0) is 72.7 Å². The van der Waals surface area contributed by atoms with E-state index >= 15 is 0 Å². The second-order valence-corrected chi connectivity index (χ2v) is 8.43. The number of carbonyl (C=O) groups is 2. The first-order valence-corrected chi connectivity index (χ1v) is 11.1. The lowest BCUT2D eigenvalue weighted by molar-refractivity contribution is -0.139. The van der Waals surface area contributed by atoms with E-state index in [0.717, 1.165) is 41.7 Å². The van der Waals surface area contributed by atoms with Crippen LogP contribution in [0, 0.1) is 11.6 Å². The number of rotatable bonds is 6. The summed E-state index contributed by atoms with van der Waals surface area (Å²) in [6, 6.07) is 10.6. The number of benzene rings is 2. The van der Waals surface area contributed by atoms with Crippen molar-refractivity contribution in [3.8, 4) is 0 Å². The van der Waals surface area contributed by atoms with Crippen LogP contribution in [0.2, 0.25) is 0 Å². The number of fused-ring (bicyclic) bond motifs is 1. The zero-order valence-electron chi connectivity index (χ0n) is 18.7. The molecule has 34 heavy (non-hydrogen) atoms. The average Bonchev–Trinajstić information content (AvgIpc) is 2.98. The maximum atomic E-state index is 13.7. The van der Waals surface area contributed by atoms with Crippen molar-refractivity contribution in [1.29, 1.82) is 0 Å². The molecule has 0 radical (unpaired) electrons. The molecule has 0 bridgehead atoms. The van der Waals surface area contributed by atoms with Crippen LogP contribution in [0.4, 0.5) is 8.78 Å². The Kier molecular flexibility index (Phi) is 6.86. The Morgan fingerprint density at radius 2 is 1.85 bits per heavy atom. The Hall–Kier alpha value is -3.81. The number of nitrogens with one attached hydrogen (secondary N) is 1. The van der Waals surface area contributed by atoms with Gasteiger partial charge in [0.05, 0.1) is 5.69 Å². The van der Waals surface area contributed by atoms with Gasteiger partial charge in [-0.15, -0.1) is 0 Å². The van der Waals surface area contributed by atoms with Gasteiger partial charge in [0.1, 0.15) is 17.7 Å². The molecule has 2 aromatic carbocycles. The van der Waals surface area contributed by atoms with Crippen LogP contribution in [0.3, 0.4) is 0 Å². The van der Waals surface area contributed by atoms with Gasteiger partial charge in [0.15, 0.2) is 5.69 Å². The van der Waals surface area contributed by atoms with Crippen molar-refractivity contribution in [3.63, 3.8) is 0 Å². The molecule has 0 aliphatic heterocycles. The van der Waals surface area contributed by atoms with E-state index in [1.54, 1.807) is 17.8 Å². The first-order valence-electron chi connectivity index (χ1n) is 11.1. The van der Waals surface area contributed by atoms with E-state index in [-0.39, 0.29) is 17.9 Å². The van der Waals surface area contributed by atoms with Crippen molar-refractivity contribution in [3.05, 3.63) is 88.2 Å². The number of halogens is 2. The molecule has 6 nitrogen and oxygen atoms in total. The molecule has 1 aromatic heterocycles. The number of carbonyl (C=O) groups excluding carboxylic acids is 1. The molecule has 0 saturated carbocycles. The lowest BCUT2D eigenvalue weighted by Crippen LogP contribution is -2.42. The fraction of sp³-hybridized carbons (Fsp3) is 0.269. The average molecular weight is 466 g/mol. The van der Waals surface area contributed by atoms with Crippen molar-refractivity contribution in [2.24, 2.45) is 7.05 Å². The summed E-state index contributed by atoms with van der Waals surface area (Å²) in [5.74, 6) is -2.50. The summed E-state index contributed by atoms with van der Waals surface area (Å²) in [5.41, 5.74) is 4.01. The van der Waals surface area contributed by atoms with E-state index in [1.165, 1.54) is 36.4 Å². The summed E-state index contributed by atoms with van der Waals surface area (Å²) >= 11 is 0. The Bertz CT molecular complexity index is 1250. The largest absolute Gasteiger partial charge is 0.480 e. The highest BCUT2D eigenvalue weighted by Crippen LogP contribution is 2.33. The topological polar surface area (TPSA) is 84.2 Å². The van der Waals surface area contributed by atoms with Crippen LogP contribution in [0.1, 0.15) is 52.1 Å². The molecule has 1 heterocycles. The van der Waals surface area contributed by atoms with Crippen LogP contribution in [-0.2, 0) is 24.7 Å². The van der Waals surface area contributed by atoms with Crippen molar-refractivity contribution in [2.45, 2.75) is 38.1 Å². The van der Waals surface area contributed by atoms with E-state index in [0.29, 0.717) is 12.0 Å². The third-order valence-electron chi connectivity index (χ3n) is 5.93. The van der Waals surface area contributed by atoms with Crippen LogP contribution >= 0.6 is 0 Å². The van der Waals surface area contributed by atoms with Crippen LogP contribution in [0.25, 0.3) is 11.6 Å². The van der Waals surface area contributed by atoms with E-state index in [1.807, 2.05) is 12.1 Å². The van der Waals surface area contributed by atoms with E-state index in [9.17, 15) is 23.5 Å². The van der Waals surface area contributed by atoms with Crippen molar-refractivity contribution in [1.82, 2.24) is 15.1 Å². The lowest BCUT2D eigenvalue weighted by atomic mass is 10.0. The lowest BCUT2D eigenvalue weighted by Gasteiger charge is -2.14. The van der Waals surface area contributed by atoms with Gasteiger partial charge >= 0.3 is 5.97 Å². The highest BCUT2D eigenvalue weighted by Gasteiger charge is 2.28. The fourth-order valence-corrected chi connectivity index (χ4v) is 4.35. The van der Waals surface area contributed by atoms with E-state index < -0.39 is 23.7 Å². The molecule has 1 atom stereocenters. The predicted octanol–water partition coefficient (Wildman–Crippen LogP) is 4.39. The van der Waals surface area contributed by atoms with Gasteiger partial charge < -0.3 is 10.4 Å². The third-order valence-corrected chi connectivity index (χ3v) is 5.93. The van der Waals surface area contributed by atoms with Crippen LogP contribution in [0.15, 0.2) is 48.5 Å². The number of hydrogen-bond acceptors (Lipinski definition) is 3. The standard InChI is InChI=1S/C26H25F2N3O3/c1-31-24-18(13-17-5-4-7-20(28)14-17)6-2-3-8-21(24)23(30-31)25(32)29-22(26(33)34)15-16-9-11-19(27)12-10-16/h4-5,7,9-14,22H,2-3,6,8,15H2,1H3,(H,29,32)(H,33,34)/t22-/m1/s1. The van der Waals surface area contributed by atoms with Crippen molar-refractivity contribution in [2.75, 3.05) is 0 Å². The Morgan fingerprint density at radius 1 is 1.12 bits per heavy atom. The second-order valence-electron chi connectivity index (χ2n) is 8.43. The molecule has 3 aromatic rings. The number of aromatic nitrogens is 2. The molecular formula is C26H25F2N3O3. The zero-order valence-corrected chi connectivity index (χ0v) is 18.7. The van der Waals surface area contributed by atoms with Gasteiger partial charge in [0.25, 0.3) is 5.91 Å². The smallest absolute Gasteiger partial charge is 0.326 e. The minimum absolute atomic E-state index is 0.0150. The number of nitrogens with zero attached hydrogens (tertiary/aromatic N) is 2. The van der Waals surface area contributed by atoms with Crippen molar-refractivity contribution >= 4 is 23.5 Å². The zero-order chi connectivity index (χ0) is 24.2. The number of carboxylic acid groups (broad SMARTS) is 1. The van der Waals surface area contributed by atoms with E-state index in [2.05, 4.69) is 10.4 Å². The SMILES string of the molecule is Cn1nc(C(=O)N[C@H](Cc2ccc(F)cc2)C(=O)O)c2c1C(=Cc1cccc(F)c1)CCCC2. The van der Waals surface area contributed by atoms with Gasteiger partial charge in [-0.3, -0.25) is 9.48 Å². The fourth-order valence-electron chi connectivity index (χ4n) is 4.35. The number of aryl methyl sites for hydroxylation is 1. The Morgan fingerprint density at radius 3 is 2.56 bits per heavy atom. The number of allylic oxidation sites excluding steroid dienone is 1. The molecule has 0 fully saturated rings. The quantitative estimate of drug-likeness (QED) is 0.529. The molecule has 0 unspecified atom stereocenters. The van der Waals surface area contributed by atoms with Crippen LogP contribution in [-0.4, -0.2) is 32.8 Å². The van der Waals surface area contributed by atoms with Gasteiger partial charge in [-0.1, -0.05) is 24.3 Å². The number of amides is 1. The summed E-state index contributed by atoms with van der Waals surface area (Å²) < 4.78 is 28.5. The molecule has 2 N–H and O–H groups in total. The summed E-state index contributed by atoms with van der Waals surface area (Å²) in [7, 11) is 1.74.